The molecule has 0 saturated carbocycles. The zero-order valence-electron chi connectivity index (χ0n) is 44.8. The van der Waals surface area contributed by atoms with Gasteiger partial charge < -0.3 is 5.53 Å². The summed E-state index contributed by atoms with van der Waals surface area (Å²) in [6.07, 6.45) is 53.3. The Morgan fingerprint density at radius 3 is 1.11 bits per heavy atom. The minimum absolute atomic E-state index is 0.882. The summed E-state index contributed by atoms with van der Waals surface area (Å²) < 4.78 is 0. The molecule has 0 fully saturated rings. The van der Waals surface area contributed by atoms with Crippen molar-refractivity contribution in [1.82, 2.24) is 0 Å². The molecule has 0 bridgehead atoms. The van der Waals surface area contributed by atoms with Crippen LogP contribution < -0.4 is 0 Å². The number of nitrogens with zero attached hydrogens (tertiary/aromatic N) is 2. The van der Waals surface area contributed by atoms with Gasteiger partial charge in [0, 0.05) is 0 Å². The molecule has 0 spiro atoms. The van der Waals surface area contributed by atoms with Gasteiger partial charge >= 0.3 is 172 Å². The van der Waals surface area contributed by atoms with E-state index >= 15 is 0 Å². The van der Waals surface area contributed by atoms with Crippen LogP contribution >= 0.6 is 0 Å². The molecule has 2 rings (SSSR count). The zero-order valence-corrected chi connectivity index (χ0v) is 45.8. The first kappa shape index (κ1) is 61.8. The number of aryl methyl sites for hydroxylation is 2. The molecule has 2 nitrogen and oxygen atoms in total. The minimum Gasteiger partial charge on any atom is -0.0654 e. The molecule has 0 amide bonds. The maximum atomic E-state index is 9.44. The average molecular weight is 952 g/mol. The molecule has 0 radical (unpaired) electrons. The Hall–Kier alpha value is -2.17. The summed E-state index contributed by atoms with van der Waals surface area (Å²) in [6.45, 7) is 13.5. The molecular weight excluding hydrogens is 843 g/mol. The standard InChI is InChI=1S/C31H42N2.2C16H33.Ni/c1-5-9-12-15-30(29(24-33-32)14-11-7-3)31(27-20-16-25(8-4)17-21-27)28-22-18-26(19-23-28)13-10-6-2;2*1-3-5-7-9-11-13-15-16-14-12-10-8-6-4-2;/h16-23H,5-15H2,1-4H3;2*1,3-16H2,2H3;. The van der Waals surface area contributed by atoms with Gasteiger partial charge in [0.25, 0.3) is 0 Å². The fourth-order valence-corrected chi connectivity index (χ4v) is 10.3. The summed E-state index contributed by atoms with van der Waals surface area (Å²) >= 11 is 2.04. The molecule has 0 aliphatic heterocycles. The van der Waals surface area contributed by atoms with Crippen molar-refractivity contribution >= 4 is 11.4 Å². The summed E-state index contributed by atoms with van der Waals surface area (Å²) in [5.74, 6) is 2.97. The first-order chi connectivity index (χ1) is 32.6. The second-order valence-corrected chi connectivity index (χ2v) is 21.1. The molecule has 0 aliphatic carbocycles. The van der Waals surface area contributed by atoms with E-state index in [1.54, 1.807) is 0 Å². The summed E-state index contributed by atoms with van der Waals surface area (Å²) in [6, 6.07) is 18.1. The Labute approximate surface area is 418 Å². The third-order valence-electron chi connectivity index (χ3n) is 13.5. The van der Waals surface area contributed by atoms with Crippen LogP contribution in [0.3, 0.4) is 0 Å². The fourth-order valence-electron chi connectivity index (χ4n) is 9.09. The number of hydrogen-bond donors (Lipinski definition) is 0. The smallest absolute Gasteiger partial charge is 0.0654 e. The van der Waals surface area contributed by atoms with E-state index < -0.39 is 0 Å². The van der Waals surface area contributed by atoms with E-state index in [4.69, 9.17) is 0 Å². The van der Waals surface area contributed by atoms with E-state index in [0.29, 0.717) is 0 Å². The third-order valence-corrected chi connectivity index (χ3v) is 14.9. The van der Waals surface area contributed by atoms with Gasteiger partial charge in [0.1, 0.15) is 0 Å². The molecule has 66 heavy (non-hydrogen) atoms. The Balaban J connectivity index is 0.000000660. The summed E-state index contributed by atoms with van der Waals surface area (Å²) in [5.41, 5.74) is 18.2. The second kappa shape index (κ2) is 47.9. The van der Waals surface area contributed by atoms with Crippen LogP contribution in [0.25, 0.3) is 11.1 Å². The van der Waals surface area contributed by atoms with Gasteiger partial charge in [-0.3, -0.25) is 0 Å². The number of benzene rings is 2. The number of allylic oxidation sites excluding steroid dienone is 2. The molecule has 0 N–H and O–H groups in total. The fraction of sp³-hybridized carbons (Fsp3) is 0.746. The van der Waals surface area contributed by atoms with Crippen LogP contribution in [0.15, 0.2) is 59.7 Å². The molecule has 2 aromatic rings. The second-order valence-electron chi connectivity index (χ2n) is 19.6. The quantitative estimate of drug-likeness (QED) is 0.0158. The molecule has 0 heterocycles. The van der Waals surface area contributed by atoms with Gasteiger partial charge in [0.15, 0.2) is 0 Å². The Bertz CT molecular complexity index is 1430. The molecule has 0 aliphatic rings. The Morgan fingerprint density at radius 2 is 0.742 bits per heavy atom. The van der Waals surface area contributed by atoms with Gasteiger partial charge in [0.2, 0.25) is 0 Å². The Morgan fingerprint density at radius 1 is 0.394 bits per heavy atom. The number of unbranched alkanes of at least 4 members (excludes halogenated alkanes) is 30. The van der Waals surface area contributed by atoms with Crippen LogP contribution in [0.4, 0.5) is 0 Å². The van der Waals surface area contributed by atoms with Crippen molar-refractivity contribution in [1.29, 1.82) is 0 Å². The third kappa shape index (κ3) is 34.2. The van der Waals surface area contributed by atoms with Crippen LogP contribution in [0.2, 0.25) is 10.8 Å². The van der Waals surface area contributed by atoms with Crippen LogP contribution in [0.5, 0.6) is 0 Å². The summed E-state index contributed by atoms with van der Waals surface area (Å²) in [4.78, 5) is 3.36. The topological polar surface area (TPSA) is 36.4 Å². The normalized spacial score (nSPS) is 11.5. The van der Waals surface area contributed by atoms with Crippen molar-refractivity contribution in [3.05, 3.63) is 87.5 Å². The molecule has 0 unspecified atom stereocenters. The predicted octanol–water partition coefficient (Wildman–Crippen LogP) is 21.9. The van der Waals surface area contributed by atoms with Gasteiger partial charge in [-0.05, 0) is 78.3 Å². The number of hydrogen-bond acceptors (Lipinski definition) is 0. The van der Waals surface area contributed by atoms with Gasteiger partial charge in [-0.15, -0.1) is 4.79 Å². The van der Waals surface area contributed by atoms with Crippen LogP contribution in [-0.4, -0.2) is 10.7 Å². The first-order valence-electron chi connectivity index (χ1n) is 28.9. The zero-order chi connectivity index (χ0) is 47.8. The van der Waals surface area contributed by atoms with Crippen LogP contribution in [0, 0.1) is 0 Å². The number of rotatable bonds is 44. The van der Waals surface area contributed by atoms with Crippen molar-refractivity contribution < 1.29 is 19.2 Å². The van der Waals surface area contributed by atoms with Crippen molar-refractivity contribution in [3.63, 3.8) is 0 Å². The van der Waals surface area contributed by atoms with Crippen LogP contribution in [0.1, 0.15) is 301 Å². The van der Waals surface area contributed by atoms with E-state index in [0.717, 1.165) is 50.5 Å². The van der Waals surface area contributed by atoms with E-state index in [-0.39, 0.29) is 0 Å². The summed E-state index contributed by atoms with van der Waals surface area (Å²) in [7, 11) is 0. The van der Waals surface area contributed by atoms with E-state index in [1.165, 1.54) is 250 Å². The van der Waals surface area contributed by atoms with Crippen LogP contribution in [-0.2, 0) is 27.3 Å². The molecule has 380 valence electrons. The maximum absolute atomic E-state index is 9.44. The molecule has 2 aromatic carbocycles. The minimum atomic E-state index is 0.882. The van der Waals surface area contributed by atoms with Crippen molar-refractivity contribution in [2.75, 3.05) is 0 Å². The van der Waals surface area contributed by atoms with Crippen molar-refractivity contribution in [2.45, 2.75) is 303 Å². The first-order valence-corrected chi connectivity index (χ1v) is 30.3. The van der Waals surface area contributed by atoms with E-state index in [1.807, 2.05) is 14.4 Å². The molecule has 0 aromatic heterocycles. The summed E-state index contributed by atoms with van der Waals surface area (Å²) in [5, 5.41) is 2.87. The van der Waals surface area contributed by atoms with Crippen molar-refractivity contribution in [2.24, 2.45) is 0 Å². The van der Waals surface area contributed by atoms with E-state index in [9.17, 15) is 5.53 Å². The van der Waals surface area contributed by atoms with Gasteiger partial charge in [-0.1, -0.05) is 154 Å². The predicted molar refractivity (Wildman–Crippen MR) is 293 cm³/mol. The van der Waals surface area contributed by atoms with Gasteiger partial charge in [-0.2, -0.15) is 0 Å². The van der Waals surface area contributed by atoms with Crippen molar-refractivity contribution in [3.8, 4) is 0 Å². The average Bonchev–Trinajstić information content (AvgIpc) is 3.34. The van der Waals surface area contributed by atoms with Gasteiger partial charge in [0.05, 0.1) is 5.57 Å². The Kier molecular flexibility index (Phi) is 44.9. The molecule has 0 saturated heterocycles. The molecular formula is C63H108N2Ni. The molecule has 3 heteroatoms. The SMILES string of the molecule is CCCCCC(C(=C=[N+]=[N-])CCCC)=C(c1ccc(CC)cc1)c1ccc(CCCC)cc1.CCCCCCCCCCCCCCC[CH2][Ni][CH2]CCCCCCCCCCCCCCC. The van der Waals surface area contributed by atoms with Gasteiger partial charge in [-0.25, -0.2) is 0 Å². The van der Waals surface area contributed by atoms with E-state index in [2.05, 4.69) is 101 Å². The molecule has 0 atom stereocenters. The monoisotopic (exact) mass is 951 g/mol.